The van der Waals surface area contributed by atoms with Crippen LogP contribution in [-0.4, -0.2) is 117 Å². The molecule has 11 atom stereocenters. The van der Waals surface area contributed by atoms with Crippen LogP contribution in [0.2, 0.25) is 0 Å². The van der Waals surface area contributed by atoms with E-state index in [9.17, 15) is 35.4 Å². The molecule has 0 aromatic rings. The predicted molar refractivity (Wildman–Crippen MR) is 150 cm³/mol. The number of fused-ring (bicyclic) bond motifs is 19. The molecular formula is C30H52O12. The van der Waals surface area contributed by atoms with E-state index in [1.807, 2.05) is 6.92 Å². The Bertz CT molecular complexity index is 794. The highest BCUT2D eigenvalue weighted by Crippen LogP contribution is 2.31. The molecule has 2 unspecified atom stereocenters. The zero-order chi connectivity index (χ0) is 30.5. The summed E-state index contributed by atoms with van der Waals surface area (Å²) in [5.74, 6) is -0.575. The number of aliphatic hydroxyl groups excluding tert-OH is 6. The molecule has 4 rings (SSSR count). The van der Waals surface area contributed by atoms with Crippen LogP contribution in [0, 0.1) is 0 Å². The summed E-state index contributed by atoms with van der Waals surface area (Å²) >= 11 is 0. The minimum absolute atomic E-state index is 0.129. The predicted octanol–water partition coefficient (Wildman–Crippen LogP) is 1.21. The number of hydrogen-bond donors (Lipinski definition) is 6. The van der Waals surface area contributed by atoms with Crippen molar-refractivity contribution < 1.29 is 59.1 Å². The summed E-state index contributed by atoms with van der Waals surface area (Å²) in [5, 5.41) is 62.6. The number of hydrogen-bond acceptors (Lipinski definition) is 12. The van der Waals surface area contributed by atoms with Crippen LogP contribution in [0.4, 0.5) is 0 Å². The lowest BCUT2D eigenvalue weighted by atomic mass is 9.97. The van der Waals surface area contributed by atoms with Crippen molar-refractivity contribution in [1.82, 2.24) is 0 Å². The van der Waals surface area contributed by atoms with E-state index in [-0.39, 0.29) is 12.5 Å². The number of carbonyl (C=O) groups excluding carboxylic acids is 1. The van der Waals surface area contributed by atoms with Gasteiger partial charge >= 0.3 is 5.97 Å². The van der Waals surface area contributed by atoms with Crippen LogP contribution in [0.25, 0.3) is 0 Å². The number of allylic oxidation sites excluding steroid dienone is 2. The standard InChI is InChI=1S/C30H52O12/c1-19-15-13-11-9-7-5-3-2-4-6-8-10-12-14-16-22(33)41-27-21(18-32)40-29(26(37)25(27)36)42-28-24(35)23(34)20(17-31)39-30(28)38-19/h2-3,19-21,23-32,34-37H,4-18H2,1H3/b3-2-/t19?,20-,21-,23-,24+,25-,26-,27+,28-,29?,30-/m1/s1. The molecule has 42 heavy (non-hydrogen) atoms. The molecule has 12 nitrogen and oxygen atoms in total. The first kappa shape index (κ1) is 35.3. The van der Waals surface area contributed by atoms with Gasteiger partial charge in [0, 0.05) is 6.42 Å². The second-order valence-electron chi connectivity index (χ2n) is 11.7. The molecule has 2 saturated heterocycles. The van der Waals surface area contributed by atoms with Crippen LogP contribution >= 0.6 is 0 Å². The topological polar surface area (TPSA) is 185 Å². The Morgan fingerprint density at radius 2 is 1.21 bits per heavy atom. The lowest BCUT2D eigenvalue weighted by molar-refractivity contribution is -0.371. The number of esters is 1. The Morgan fingerprint density at radius 1 is 0.643 bits per heavy atom. The van der Waals surface area contributed by atoms with Crippen LogP contribution < -0.4 is 0 Å². The van der Waals surface area contributed by atoms with Crippen molar-refractivity contribution in [2.24, 2.45) is 0 Å². The van der Waals surface area contributed by atoms with Gasteiger partial charge in [0.2, 0.25) is 0 Å². The third kappa shape index (κ3) is 10.5. The first-order chi connectivity index (χ1) is 20.3. The SMILES string of the molecule is CC1CCCCCC/C=C\CCCCCCCC(=O)O[C@@H]2[C@H](O)[C@@H](O)C(O[C@H]3[C@H](O1)O[C@H](CO)[C@@H](O)[C@@H]3O)O[C@@H]2CO. The van der Waals surface area contributed by atoms with E-state index in [0.29, 0.717) is 12.8 Å². The Morgan fingerprint density at radius 3 is 1.88 bits per heavy atom. The third-order valence-electron chi connectivity index (χ3n) is 8.22. The summed E-state index contributed by atoms with van der Waals surface area (Å²) in [6.45, 7) is 0.625. The average Bonchev–Trinajstić information content (AvgIpc) is 2.97. The molecule has 0 radical (unpaired) electrons. The van der Waals surface area contributed by atoms with Gasteiger partial charge in [-0.25, -0.2) is 0 Å². The number of aliphatic hydroxyl groups is 6. The molecule has 0 aromatic heterocycles. The smallest absolute Gasteiger partial charge is 0.306 e. The van der Waals surface area contributed by atoms with Gasteiger partial charge in [0.15, 0.2) is 18.7 Å². The summed E-state index contributed by atoms with van der Waals surface area (Å²) in [5.41, 5.74) is 0. The van der Waals surface area contributed by atoms with Gasteiger partial charge in [0.05, 0.1) is 19.3 Å². The van der Waals surface area contributed by atoms with Gasteiger partial charge in [-0.05, 0) is 45.4 Å². The molecule has 2 fully saturated rings. The maximum Gasteiger partial charge on any atom is 0.306 e. The second-order valence-corrected chi connectivity index (χ2v) is 11.7. The van der Waals surface area contributed by atoms with E-state index in [2.05, 4.69) is 12.2 Å². The maximum atomic E-state index is 12.5. The van der Waals surface area contributed by atoms with E-state index in [4.69, 9.17) is 23.7 Å². The molecule has 4 heterocycles. The zero-order valence-electron chi connectivity index (χ0n) is 24.7. The van der Waals surface area contributed by atoms with E-state index < -0.39 is 80.6 Å². The van der Waals surface area contributed by atoms with E-state index >= 15 is 0 Å². The van der Waals surface area contributed by atoms with Gasteiger partial charge in [0.1, 0.15) is 42.7 Å². The monoisotopic (exact) mass is 604 g/mol. The average molecular weight is 605 g/mol. The molecule has 4 aliphatic heterocycles. The first-order valence-electron chi connectivity index (χ1n) is 15.7. The highest BCUT2D eigenvalue weighted by atomic mass is 16.8. The fourth-order valence-electron chi connectivity index (χ4n) is 5.63. The Balaban J connectivity index is 1.72. The molecule has 244 valence electrons. The molecule has 12 heteroatoms. The van der Waals surface area contributed by atoms with Crippen LogP contribution in [0.15, 0.2) is 12.2 Å². The van der Waals surface area contributed by atoms with Crippen LogP contribution in [0.3, 0.4) is 0 Å². The molecular weight excluding hydrogens is 552 g/mol. The van der Waals surface area contributed by atoms with Crippen molar-refractivity contribution in [2.45, 2.75) is 158 Å². The van der Waals surface area contributed by atoms with E-state index in [0.717, 1.165) is 64.2 Å². The molecule has 0 saturated carbocycles. The van der Waals surface area contributed by atoms with Crippen molar-refractivity contribution in [3.05, 3.63) is 12.2 Å². The fourth-order valence-corrected chi connectivity index (χ4v) is 5.63. The number of rotatable bonds is 2. The van der Waals surface area contributed by atoms with Gasteiger partial charge < -0.3 is 54.3 Å². The summed E-state index contributed by atoms with van der Waals surface area (Å²) in [6, 6.07) is 0. The Hall–Kier alpha value is -1.19. The van der Waals surface area contributed by atoms with Crippen molar-refractivity contribution in [3.8, 4) is 0 Å². The maximum absolute atomic E-state index is 12.5. The minimum Gasteiger partial charge on any atom is -0.457 e. The highest BCUT2D eigenvalue weighted by molar-refractivity contribution is 5.69. The van der Waals surface area contributed by atoms with E-state index in [1.165, 1.54) is 0 Å². The normalized spacial score (nSPS) is 41.9. The van der Waals surface area contributed by atoms with Crippen molar-refractivity contribution in [3.63, 3.8) is 0 Å². The molecule has 6 N–H and O–H groups in total. The number of carbonyl (C=O) groups is 1. The quantitative estimate of drug-likeness (QED) is 0.196. The second kappa shape index (κ2) is 18.6. The largest absolute Gasteiger partial charge is 0.457 e. The van der Waals surface area contributed by atoms with E-state index in [1.54, 1.807) is 0 Å². The third-order valence-corrected chi connectivity index (χ3v) is 8.22. The Kier molecular flexibility index (Phi) is 15.6. The van der Waals surface area contributed by atoms with Crippen LogP contribution in [0.1, 0.15) is 90.4 Å². The molecule has 0 amide bonds. The first-order valence-corrected chi connectivity index (χ1v) is 15.7. The highest BCUT2D eigenvalue weighted by Gasteiger charge is 2.52. The zero-order valence-corrected chi connectivity index (χ0v) is 24.7. The van der Waals surface area contributed by atoms with Gasteiger partial charge in [0.25, 0.3) is 0 Å². The summed E-state index contributed by atoms with van der Waals surface area (Å²) in [7, 11) is 0. The summed E-state index contributed by atoms with van der Waals surface area (Å²) in [4.78, 5) is 12.5. The summed E-state index contributed by atoms with van der Waals surface area (Å²) < 4.78 is 28.7. The Labute approximate surface area is 248 Å². The molecule has 0 spiro atoms. The molecule has 4 aliphatic rings. The van der Waals surface area contributed by atoms with Crippen molar-refractivity contribution in [1.29, 1.82) is 0 Å². The van der Waals surface area contributed by atoms with Crippen LogP contribution in [0.5, 0.6) is 0 Å². The lowest BCUT2D eigenvalue weighted by Crippen LogP contribution is -2.65. The van der Waals surface area contributed by atoms with Crippen LogP contribution in [-0.2, 0) is 28.5 Å². The van der Waals surface area contributed by atoms with Gasteiger partial charge in [-0.15, -0.1) is 0 Å². The van der Waals surface area contributed by atoms with Gasteiger partial charge in [-0.3, -0.25) is 4.79 Å². The van der Waals surface area contributed by atoms with Gasteiger partial charge in [-0.2, -0.15) is 0 Å². The van der Waals surface area contributed by atoms with Crippen molar-refractivity contribution >= 4 is 5.97 Å². The number of ether oxygens (including phenoxy) is 5. The molecule has 0 aromatic carbocycles. The minimum atomic E-state index is -1.73. The van der Waals surface area contributed by atoms with Crippen molar-refractivity contribution in [2.75, 3.05) is 13.2 Å². The van der Waals surface area contributed by atoms with Gasteiger partial charge in [-0.1, -0.05) is 50.7 Å². The molecule has 0 aliphatic carbocycles. The lowest BCUT2D eigenvalue weighted by Gasteiger charge is -2.46. The summed E-state index contributed by atoms with van der Waals surface area (Å²) in [6.07, 6.45) is 1.47. The fraction of sp³-hybridized carbons (Fsp3) is 0.900. The molecule has 2 bridgehead atoms.